The van der Waals surface area contributed by atoms with Crippen LogP contribution in [0.1, 0.15) is 31.3 Å². The number of anilines is 1. The summed E-state index contributed by atoms with van der Waals surface area (Å²) in [5.41, 5.74) is 0.820. The van der Waals surface area contributed by atoms with Gasteiger partial charge in [0.2, 0.25) is 0 Å². The summed E-state index contributed by atoms with van der Waals surface area (Å²) >= 11 is 1.37. The summed E-state index contributed by atoms with van der Waals surface area (Å²) in [6.45, 7) is 1.71. The maximum absolute atomic E-state index is 13.3. The molecule has 0 saturated heterocycles. The number of ether oxygens (including phenoxy) is 1. The van der Waals surface area contributed by atoms with Gasteiger partial charge in [-0.3, -0.25) is 14.0 Å². The van der Waals surface area contributed by atoms with E-state index in [-0.39, 0.29) is 23.3 Å². The summed E-state index contributed by atoms with van der Waals surface area (Å²) in [5.74, 6) is -1.66. The maximum atomic E-state index is 13.3. The number of carbonyl (C=O) groups excluding carboxylic acids is 2. The molecule has 0 saturated carbocycles. The lowest BCUT2D eigenvalue weighted by Gasteiger charge is -2.08. The summed E-state index contributed by atoms with van der Waals surface area (Å²) < 4.78 is 20.0. The van der Waals surface area contributed by atoms with Crippen molar-refractivity contribution in [3.63, 3.8) is 0 Å². The second-order valence-corrected chi connectivity index (χ2v) is 7.91. The molecule has 156 valence electrons. The molecule has 7 nitrogen and oxygen atoms in total. The van der Waals surface area contributed by atoms with Gasteiger partial charge in [0.05, 0.1) is 11.3 Å². The first-order valence-corrected chi connectivity index (χ1v) is 10.0. The first kappa shape index (κ1) is 20.4. The van der Waals surface area contributed by atoms with E-state index in [0.717, 1.165) is 10.9 Å². The Hall–Kier alpha value is -3.85. The lowest BCUT2D eigenvalue weighted by molar-refractivity contribution is 0.0467. The Morgan fingerprint density at radius 3 is 2.71 bits per heavy atom. The topological polar surface area (TPSA) is 89.8 Å². The number of benzene rings is 2. The van der Waals surface area contributed by atoms with Crippen LogP contribution in [-0.2, 0) is 11.3 Å². The molecule has 0 aliphatic heterocycles. The van der Waals surface area contributed by atoms with Crippen LogP contribution >= 0.6 is 11.3 Å². The van der Waals surface area contributed by atoms with Gasteiger partial charge < -0.3 is 10.1 Å². The number of nitrogens with zero attached hydrogens (tertiary/aromatic N) is 2. The van der Waals surface area contributed by atoms with Crippen LogP contribution in [-0.4, -0.2) is 21.3 Å². The summed E-state index contributed by atoms with van der Waals surface area (Å²) in [6, 6.07) is 12.8. The molecule has 4 rings (SSSR count). The third-order valence-corrected chi connectivity index (χ3v) is 5.23. The zero-order valence-electron chi connectivity index (χ0n) is 16.3. The van der Waals surface area contributed by atoms with Crippen molar-refractivity contribution in [2.75, 3.05) is 5.32 Å². The van der Waals surface area contributed by atoms with Crippen molar-refractivity contribution >= 4 is 33.9 Å². The number of hydrogen-bond donors (Lipinski definition) is 1. The highest BCUT2D eigenvalue weighted by Gasteiger charge is 2.12. The van der Waals surface area contributed by atoms with E-state index in [9.17, 15) is 18.8 Å². The van der Waals surface area contributed by atoms with Gasteiger partial charge in [-0.1, -0.05) is 12.1 Å². The molecule has 2 aromatic carbocycles. The molecule has 0 aliphatic rings. The average molecular weight is 437 g/mol. The molecule has 2 heterocycles. The van der Waals surface area contributed by atoms with Crippen molar-refractivity contribution in [3.8, 4) is 0 Å². The zero-order valence-corrected chi connectivity index (χ0v) is 17.1. The lowest BCUT2D eigenvalue weighted by atomic mass is 10.1. The molecule has 1 N–H and O–H groups in total. The highest BCUT2D eigenvalue weighted by Crippen LogP contribution is 2.16. The number of halogens is 1. The Labute approximate surface area is 179 Å². The number of thiazole rings is 1. The quantitative estimate of drug-likeness (QED) is 0.480. The molecule has 0 unspecified atom stereocenters. The SMILES string of the molecule is Cc1cn2c(=O)cc(COC(=O)c3cccc(NC(=O)c4cccc(F)c4)c3)nc2s1. The van der Waals surface area contributed by atoms with E-state index in [1.807, 2.05) is 6.92 Å². The zero-order chi connectivity index (χ0) is 22.0. The van der Waals surface area contributed by atoms with Crippen molar-refractivity contribution in [2.45, 2.75) is 13.5 Å². The smallest absolute Gasteiger partial charge is 0.338 e. The third kappa shape index (κ3) is 4.67. The monoisotopic (exact) mass is 437 g/mol. The third-order valence-electron chi connectivity index (χ3n) is 4.33. The Morgan fingerprint density at radius 2 is 1.90 bits per heavy atom. The van der Waals surface area contributed by atoms with E-state index in [1.54, 1.807) is 18.3 Å². The molecule has 2 aromatic heterocycles. The van der Waals surface area contributed by atoms with Crippen LogP contribution in [0, 0.1) is 12.7 Å². The number of esters is 1. The molecule has 0 bridgehead atoms. The molecule has 1 amide bonds. The van der Waals surface area contributed by atoms with E-state index in [4.69, 9.17) is 4.74 Å². The van der Waals surface area contributed by atoms with Crippen LogP contribution < -0.4 is 10.9 Å². The number of hydrogen-bond acceptors (Lipinski definition) is 6. The number of aromatic nitrogens is 2. The molecule has 0 atom stereocenters. The maximum Gasteiger partial charge on any atom is 0.338 e. The van der Waals surface area contributed by atoms with Crippen LogP contribution in [0.4, 0.5) is 10.1 Å². The van der Waals surface area contributed by atoms with Crippen LogP contribution in [0.15, 0.2) is 65.6 Å². The number of aryl methyl sites for hydroxylation is 1. The highest BCUT2D eigenvalue weighted by molar-refractivity contribution is 7.16. The van der Waals surface area contributed by atoms with Crippen molar-refractivity contribution < 1.29 is 18.7 Å². The molecule has 0 aliphatic carbocycles. The number of amides is 1. The van der Waals surface area contributed by atoms with Crippen LogP contribution in [0.2, 0.25) is 0 Å². The van der Waals surface area contributed by atoms with E-state index in [1.165, 1.54) is 52.1 Å². The molecule has 0 fully saturated rings. The second kappa shape index (κ2) is 8.49. The minimum atomic E-state index is -0.633. The minimum Gasteiger partial charge on any atom is -0.456 e. The van der Waals surface area contributed by atoms with Crippen molar-refractivity contribution in [2.24, 2.45) is 0 Å². The fourth-order valence-corrected chi connectivity index (χ4v) is 3.76. The predicted molar refractivity (Wildman–Crippen MR) is 114 cm³/mol. The highest BCUT2D eigenvalue weighted by atomic mass is 32.1. The van der Waals surface area contributed by atoms with E-state index >= 15 is 0 Å². The number of carbonyl (C=O) groups is 2. The largest absolute Gasteiger partial charge is 0.456 e. The normalized spacial score (nSPS) is 10.8. The second-order valence-electron chi connectivity index (χ2n) is 6.70. The van der Waals surface area contributed by atoms with Gasteiger partial charge in [0.1, 0.15) is 12.4 Å². The first-order valence-electron chi connectivity index (χ1n) is 9.22. The van der Waals surface area contributed by atoms with Gasteiger partial charge >= 0.3 is 5.97 Å². The van der Waals surface area contributed by atoms with E-state index in [2.05, 4.69) is 10.3 Å². The van der Waals surface area contributed by atoms with Gasteiger partial charge in [-0.05, 0) is 43.3 Å². The molecule has 0 radical (unpaired) electrons. The van der Waals surface area contributed by atoms with Gasteiger partial charge in [0.15, 0.2) is 4.96 Å². The fraction of sp³-hybridized carbons (Fsp3) is 0.0909. The minimum absolute atomic E-state index is 0.157. The van der Waals surface area contributed by atoms with Crippen molar-refractivity contribution in [1.29, 1.82) is 0 Å². The van der Waals surface area contributed by atoms with Gasteiger partial charge in [-0.25, -0.2) is 14.2 Å². The fourth-order valence-electron chi connectivity index (χ4n) is 2.91. The van der Waals surface area contributed by atoms with Crippen LogP contribution in [0.25, 0.3) is 4.96 Å². The van der Waals surface area contributed by atoms with Gasteiger partial charge in [-0.2, -0.15) is 0 Å². The molecule has 0 spiro atoms. The lowest BCUT2D eigenvalue weighted by Crippen LogP contribution is -2.15. The first-order chi connectivity index (χ1) is 14.9. The van der Waals surface area contributed by atoms with Crippen molar-refractivity contribution in [3.05, 3.63) is 98.7 Å². The van der Waals surface area contributed by atoms with Gasteiger partial charge in [0, 0.05) is 28.4 Å². The van der Waals surface area contributed by atoms with Gasteiger partial charge in [-0.15, -0.1) is 11.3 Å². The molecular formula is C22H16FN3O4S. The Kier molecular flexibility index (Phi) is 5.59. The van der Waals surface area contributed by atoms with Crippen molar-refractivity contribution in [1.82, 2.24) is 9.38 Å². The summed E-state index contributed by atoms with van der Waals surface area (Å²) in [6.07, 6.45) is 1.70. The number of nitrogens with one attached hydrogen (secondary N) is 1. The molecule has 9 heteroatoms. The van der Waals surface area contributed by atoms with Gasteiger partial charge in [0.25, 0.3) is 11.5 Å². The summed E-state index contributed by atoms with van der Waals surface area (Å²) in [4.78, 5) is 42.6. The summed E-state index contributed by atoms with van der Waals surface area (Å²) in [7, 11) is 0. The van der Waals surface area contributed by atoms with E-state index < -0.39 is 17.7 Å². The Balaban J connectivity index is 1.44. The average Bonchev–Trinajstić information content (AvgIpc) is 3.13. The molecule has 4 aromatic rings. The number of fused-ring (bicyclic) bond motifs is 1. The Bertz CT molecular complexity index is 1360. The Morgan fingerprint density at radius 1 is 1.13 bits per heavy atom. The van der Waals surface area contributed by atoms with Crippen LogP contribution in [0.5, 0.6) is 0 Å². The van der Waals surface area contributed by atoms with E-state index in [0.29, 0.717) is 16.3 Å². The summed E-state index contributed by atoms with van der Waals surface area (Å²) in [5, 5.41) is 2.62. The molecular weight excluding hydrogens is 421 g/mol. The predicted octanol–water partition coefficient (Wildman–Crippen LogP) is 3.81. The number of rotatable bonds is 5. The standard InChI is InChI=1S/C22H16FN3O4S/c1-13-11-26-19(27)10-18(25-22(26)31-13)12-30-21(29)15-5-3-7-17(9-15)24-20(28)14-4-2-6-16(23)8-14/h2-11H,12H2,1H3,(H,24,28). The van der Waals surface area contributed by atoms with Crippen LogP contribution in [0.3, 0.4) is 0 Å². The molecule has 31 heavy (non-hydrogen) atoms.